The number of aliphatic imine (C=N–C) groups is 1. The van der Waals surface area contributed by atoms with E-state index < -0.39 is 33.8 Å². The Bertz CT molecular complexity index is 839. The number of urea groups is 1. The van der Waals surface area contributed by atoms with E-state index in [1.54, 1.807) is 19.1 Å². The van der Waals surface area contributed by atoms with Gasteiger partial charge in [-0.25, -0.2) is 18.2 Å². The van der Waals surface area contributed by atoms with Crippen LogP contribution in [0, 0.1) is 5.92 Å². The third-order valence-corrected chi connectivity index (χ3v) is 5.98. The monoisotopic (exact) mass is 378 g/mol. The topological polar surface area (TPSA) is 102 Å². The average molecular weight is 378 g/mol. The number of ether oxygens (including phenoxy) is 1. The smallest absolute Gasteiger partial charge is 0.341 e. The van der Waals surface area contributed by atoms with E-state index in [9.17, 15) is 18.0 Å². The van der Waals surface area contributed by atoms with E-state index in [1.807, 2.05) is 0 Å². The van der Waals surface area contributed by atoms with Crippen molar-refractivity contribution in [3.8, 4) is 0 Å². The number of carbonyl (C=O) groups is 2. The highest BCUT2D eigenvalue weighted by molar-refractivity contribution is 7.90. The Balaban J connectivity index is 1.88. The lowest BCUT2D eigenvalue weighted by Gasteiger charge is -2.30. The van der Waals surface area contributed by atoms with E-state index in [0.717, 1.165) is 31.9 Å². The second-order valence-corrected chi connectivity index (χ2v) is 8.86. The molecule has 140 valence electrons. The first-order valence-electron chi connectivity index (χ1n) is 8.62. The minimum Gasteiger partial charge on any atom is -0.462 e. The van der Waals surface area contributed by atoms with Gasteiger partial charge >= 0.3 is 12.0 Å². The lowest BCUT2D eigenvalue weighted by Crippen LogP contribution is -2.44. The van der Waals surface area contributed by atoms with Crippen LogP contribution in [0.1, 0.15) is 44.2 Å². The zero-order valence-corrected chi connectivity index (χ0v) is 15.6. The molecule has 1 aliphatic heterocycles. The number of sulfone groups is 1. The fourth-order valence-electron chi connectivity index (χ4n) is 3.47. The van der Waals surface area contributed by atoms with Crippen molar-refractivity contribution in [2.45, 2.75) is 49.6 Å². The van der Waals surface area contributed by atoms with Gasteiger partial charge in [-0.15, -0.1) is 0 Å². The predicted molar refractivity (Wildman–Crippen MR) is 95.8 cm³/mol. The molecule has 1 heterocycles. The molecule has 0 aromatic heterocycles. The van der Waals surface area contributed by atoms with Crippen LogP contribution in [-0.2, 0) is 19.4 Å². The number of amides is 2. The van der Waals surface area contributed by atoms with Crippen molar-refractivity contribution >= 4 is 27.5 Å². The highest BCUT2D eigenvalue weighted by Gasteiger charge is 2.39. The maximum Gasteiger partial charge on any atom is 0.341 e. The second-order valence-electron chi connectivity index (χ2n) is 6.84. The van der Waals surface area contributed by atoms with Crippen molar-refractivity contribution in [3.05, 3.63) is 29.8 Å². The van der Waals surface area contributed by atoms with Gasteiger partial charge in [0.25, 0.3) is 0 Å². The molecule has 1 fully saturated rings. The van der Waals surface area contributed by atoms with Crippen LogP contribution in [0.3, 0.4) is 0 Å². The Morgan fingerprint density at radius 1 is 1.19 bits per heavy atom. The predicted octanol–water partition coefficient (Wildman–Crippen LogP) is 2.42. The second kappa shape index (κ2) is 7.19. The largest absolute Gasteiger partial charge is 0.462 e. The third kappa shape index (κ3) is 3.95. The normalized spacial score (nSPS) is 24.1. The van der Waals surface area contributed by atoms with E-state index in [2.05, 4.69) is 10.3 Å². The van der Waals surface area contributed by atoms with Gasteiger partial charge in [0.15, 0.2) is 9.84 Å². The van der Waals surface area contributed by atoms with Crippen LogP contribution >= 0.6 is 0 Å². The lowest BCUT2D eigenvalue weighted by atomic mass is 9.88. The van der Waals surface area contributed by atoms with Gasteiger partial charge in [-0.05, 0) is 50.3 Å². The minimum absolute atomic E-state index is 0.0822. The molecule has 8 heteroatoms. The SMILES string of the molecule is CC1=NC(=O)NC(c2ccc(S(C)(=O)=O)cc2)C1C(=O)OC1CCCC1. The van der Waals surface area contributed by atoms with Crippen molar-refractivity contribution in [2.24, 2.45) is 10.9 Å². The van der Waals surface area contributed by atoms with Gasteiger partial charge in [0.1, 0.15) is 12.0 Å². The van der Waals surface area contributed by atoms with E-state index in [1.165, 1.54) is 12.1 Å². The van der Waals surface area contributed by atoms with Crippen LogP contribution in [0.25, 0.3) is 0 Å². The van der Waals surface area contributed by atoms with Crippen LogP contribution in [0.5, 0.6) is 0 Å². The van der Waals surface area contributed by atoms with Crippen molar-refractivity contribution in [1.29, 1.82) is 0 Å². The number of rotatable bonds is 4. The summed E-state index contributed by atoms with van der Waals surface area (Å²) in [4.78, 5) is 28.6. The van der Waals surface area contributed by atoms with Gasteiger partial charge < -0.3 is 10.1 Å². The number of benzene rings is 1. The van der Waals surface area contributed by atoms with E-state index in [0.29, 0.717) is 11.3 Å². The van der Waals surface area contributed by atoms with Gasteiger partial charge in [-0.1, -0.05) is 12.1 Å². The van der Waals surface area contributed by atoms with Crippen molar-refractivity contribution in [3.63, 3.8) is 0 Å². The Morgan fingerprint density at radius 3 is 2.38 bits per heavy atom. The summed E-state index contributed by atoms with van der Waals surface area (Å²) in [6.45, 7) is 1.64. The van der Waals surface area contributed by atoms with Crippen LogP contribution < -0.4 is 5.32 Å². The highest BCUT2D eigenvalue weighted by Crippen LogP contribution is 2.30. The zero-order valence-electron chi connectivity index (χ0n) is 14.8. The Hall–Kier alpha value is -2.22. The quantitative estimate of drug-likeness (QED) is 0.811. The summed E-state index contributed by atoms with van der Waals surface area (Å²) in [5.41, 5.74) is 1.03. The summed E-state index contributed by atoms with van der Waals surface area (Å²) < 4.78 is 28.9. The Morgan fingerprint density at radius 2 is 1.81 bits per heavy atom. The zero-order chi connectivity index (χ0) is 18.9. The fourth-order valence-corrected chi connectivity index (χ4v) is 4.10. The molecule has 0 spiro atoms. The third-order valence-electron chi connectivity index (χ3n) is 4.85. The molecule has 2 unspecified atom stereocenters. The number of carbonyl (C=O) groups excluding carboxylic acids is 2. The summed E-state index contributed by atoms with van der Waals surface area (Å²) in [6.07, 6.45) is 4.85. The van der Waals surface area contributed by atoms with E-state index in [4.69, 9.17) is 4.74 Å². The standard InChI is InChI=1S/C18H22N2O5S/c1-11-15(17(21)25-13-5-3-4-6-13)16(20-18(22)19-11)12-7-9-14(10-8-12)26(2,23)24/h7-10,13,15-16H,3-6H2,1-2H3,(H,20,22). The maximum atomic E-state index is 12.7. The van der Waals surface area contributed by atoms with Crippen LogP contribution in [0.15, 0.2) is 34.2 Å². The summed E-state index contributed by atoms with van der Waals surface area (Å²) in [5, 5.41) is 2.70. The molecule has 2 atom stereocenters. The number of nitrogens with one attached hydrogen (secondary N) is 1. The number of hydrogen-bond donors (Lipinski definition) is 1. The Kier molecular flexibility index (Phi) is 5.13. The molecule has 1 N–H and O–H groups in total. The van der Waals surface area contributed by atoms with Crippen molar-refractivity contribution < 1.29 is 22.7 Å². The van der Waals surface area contributed by atoms with Crippen LogP contribution in [0.4, 0.5) is 4.79 Å². The van der Waals surface area contributed by atoms with Crippen molar-refractivity contribution in [1.82, 2.24) is 5.32 Å². The molecule has 0 radical (unpaired) electrons. The van der Waals surface area contributed by atoms with E-state index in [-0.39, 0.29) is 11.0 Å². The number of nitrogens with zero attached hydrogens (tertiary/aromatic N) is 1. The molecule has 0 saturated heterocycles. The minimum atomic E-state index is -3.32. The summed E-state index contributed by atoms with van der Waals surface area (Å²) >= 11 is 0. The molecular weight excluding hydrogens is 356 g/mol. The van der Waals surface area contributed by atoms with Gasteiger partial charge in [-0.2, -0.15) is 0 Å². The van der Waals surface area contributed by atoms with Gasteiger partial charge in [0, 0.05) is 12.0 Å². The molecule has 7 nitrogen and oxygen atoms in total. The molecule has 1 saturated carbocycles. The average Bonchev–Trinajstić information content (AvgIpc) is 3.06. The Labute approximate surface area is 152 Å². The first-order chi connectivity index (χ1) is 12.3. The lowest BCUT2D eigenvalue weighted by molar-refractivity contribution is -0.152. The maximum absolute atomic E-state index is 12.7. The van der Waals surface area contributed by atoms with E-state index >= 15 is 0 Å². The fraction of sp³-hybridized carbons (Fsp3) is 0.500. The molecule has 0 bridgehead atoms. The molecule has 1 aliphatic carbocycles. The number of esters is 1. The van der Waals surface area contributed by atoms with Crippen LogP contribution in [-0.4, -0.2) is 38.5 Å². The molecular formula is C18H22N2O5S. The molecule has 26 heavy (non-hydrogen) atoms. The van der Waals surface area contributed by atoms with Crippen LogP contribution in [0.2, 0.25) is 0 Å². The molecule has 2 amide bonds. The van der Waals surface area contributed by atoms with Gasteiger partial charge in [0.2, 0.25) is 0 Å². The van der Waals surface area contributed by atoms with Gasteiger partial charge in [-0.3, -0.25) is 4.79 Å². The highest BCUT2D eigenvalue weighted by atomic mass is 32.2. The molecule has 3 rings (SSSR count). The summed E-state index contributed by atoms with van der Waals surface area (Å²) in [6, 6.07) is 4.99. The van der Waals surface area contributed by atoms with Crippen molar-refractivity contribution in [2.75, 3.05) is 6.26 Å². The summed E-state index contributed by atoms with van der Waals surface area (Å²) in [7, 11) is -3.32. The number of hydrogen-bond acceptors (Lipinski definition) is 5. The molecule has 1 aromatic carbocycles. The molecule has 2 aliphatic rings. The first kappa shape index (κ1) is 18.6. The molecule has 1 aromatic rings. The first-order valence-corrected chi connectivity index (χ1v) is 10.5. The summed E-state index contributed by atoms with van der Waals surface area (Å²) in [5.74, 6) is -1.13. The van der Waals surface area contributed by atoms with Gasteiger partial charge in [0.05, 0.1) is 10.9 Å².